The third-order valence-corrected chi connectivity index (χ3v) is 5.97. The quantitative estimate of drug-likeness (QED) is 0.432. The van der Waals surface area contributed by atoms with Crippen LogP contribution in [0.25, 0.3) is 5.69 Å². The average molecular weight is 438 g/mol. The molecule has 0 spiro atoms. The minimum Gasteiger partial charge on any atom is -0.497 e. The van der Waals surface area contributed by atoms with E-state index in [2.05, 4.69) is 10.4 Å². The number of methoxy groups -OCH3 is 2. The average Bonchev–Trinajstić information content (AvgIpc) is 3.07. The number of rotatable bonds is 7. The van der Waals surface area contributed by atoms with Gasteiger partial charge in [-0.2, -0.15) is 0 Å². The van der Waals surface area contributed by atoms with Gasteiger partial charge >= 0.3 is 0 Å². The molecule has 0 saturated heterocycles. The number of hydrogen-bond donors (Lipinski definition) is 1. The number of hydrogen-bond acceptors (Lipinski definition) is 7. The number of amides is 1. The standard InChI is InChI=1S/C18H16FN3O3S3/c1-24-13-7-8-15(25-2)14(9-13)20-16(23)10-27-17-21-22(18(26)28-17)12-5-3-11(19)4-6-12/h3-9H,10H2,1-2H3,(H,20,23). The Morgan fingerprint density at radius 3 is 2.68 bits per heavy atom. The molecule has 0 aliphatic rings. The van der Waals surface area contributed by atoms with Gasteiger partial charge in [-0.1, -0.05) is 23.1 Å². The van der Waals surface area contributed by atoms with Crippen molar-refractivity contribution in [2.45, 2.75) is 4.34 Å². The largest absolute Gasteiger partial charge is 0.497 e. The molecule has 10 heteroatoms. The molecule has 0 saturated carbocycles. The molecule has 3 rings (SSSR count). The zero-order valence-corrected chi connectivity index (χ0v) is 17.4. The molecule has 3 aromatic rings. The maximum Gasteiger partial charge on any atom is 0.234 e. The number of nitrogens with one attached hydrogen (secondary N) is 1. The van der Waals surface area contributed by atoms with Crippen molar-refractivity contribution in [3.8, 4) is 17.2 Å². The number of carbonyl (C=O) groups is 1. The maximum atomic E-state index is 13.1. The lowest BCUT2D eigenvalue weighted by atomic mass is 10.2. The van der Waals surface area contributed by atoms with E-state index in [4.69, 9.17) is 21.7 Å². The Hall–Kier alpha value is -2.43. The lowest BCUT2D eigenvalue weighted by Crippen LogP contribution is -2.14. The molecular weight excluding hydrogens is 421 g/mol. The molecule has 0 radical (unpaired) electrons. The molecule has 6 nitrogen and oxygen atoms in total. The predicted octanol–water partition coefficient (Wildman–Crippen LogP) is 4.55. The fourth-order valence-electron chi connectivity index (χ4n) is 2.29. The Morgan fingerprint density at radius 1 is 1.25 bits per heavy atom. The molecule has 1 aromatic heterocycles. The normalized spacial score (nSPS) is 10.5. The number of carbonyl (C=O) groups excluding carboxylic acids is 1. The smallest absolute Gasteiger partial charge is 0.234 e. The van der Waals surface area contributed by atoms with Crippen LogP contribution < -0.4 is 14.8 Å². The topological polar surface area (TPSA) is 65.4 Å². The second kappa shape index (κ2) is 9.18. The number of halogens is 1. The number of aromatic nitrogens is 2. The van der Waals surface area contributed by atoms with E-state index in [-0.39, 0.29) is 17.5 Å². The van der Waals surface area contributed by atoms with Crippen LogP contribution in [0.4, 0.5) is 10.1 Å². The third-order valence-electron chi connectivity index (χ3n) is 3.61. The highest BCUT2D eigenvalue weighted by Crippen LogP contribution is 2.30. The third kappa shape index (κ3) is 4.89. The van der Waals surface area contributed by atoms with Gasteiger partial charge in [0, 0.05) is 6.07 Å². The molecule has 0 fully saturated rings. The maximum absolute atomic E-state index is 13.1. The van der Waals surface area contributed by atoms with Gasteiger partial charge in [-0.05, 0) is 48.6 Å². The second-order valence-electron chi connectivity index (χ2n) is 5.43. The highest BCUT2D eigenvalue weighted by atomic mass is 32.2. The Labute approximate surface area is 174 Å². The number of anilines is 1. The van der Waals surface area contributed by atoms with Gasteiger partial charge in [-0.25, -0.2) is 9.07 Å². The Balaban J connectivity index is 1.66. The highest BCUT2D eigenvalue weighted by molar-refractivity contribution is 8.01. The Kier molecular flexibility index (Phi) is 6.65. The van der Waals surface area contributed by atoms with Crippen molar-refractivity contribution in [3.05, 3.63) is 52.2 Å². The molecule has 1 N–H and O–H groups in total. The van der Waals surface area contributed by atoms with Crippen LogP contribution >= 0.6 is 35.3 Å². The van der Waals surface area contributed by atoms with Crippen molar-refractivity contribution in [1.82, 2.24) is 9.78 Å². The van der Waals surface area contributed by atoms with Crippen LogP contribution in [0.1, 0.15) is 0 Å². The molecule has 1 amide bonds. The number of thioether (sulfide) groups is 1. The van der Waals surface area contributed by atoms with E-state index >= 15 is 0 Å². The predicted molar refractivity (Wildman–Crippen MR) is 111 cm³/mol. The summed E-state index contributed by atoms with van der Waals surface area (Å²) < 4.78 is 26.2. The van der Waals surface area contributed by atoms with Crippen LogP contribution in [0.3, 0.4) is 0 Å². The van der Waals surface area contributed by atoms with Crippen LogP contribution in [0.5, 0.6) is 11.5 Å². The Bertz CT molecular complexity index is 1030. The molecule has 0 atom stereocenters. The molecule has 1 heterocycles. The molecule has 0 unspecified atom stereocenters. The molecule has 0 aliphatic heterocycles. The van der Waals surface area contributed by atoms with Gasteiger partial charge in [-0.15, -0.1) is 5.10 Å². The summed E-state index contributed by atoms with van der Waals surface area (Å²) in [5.74, 6) is 0.748. The minimum atomic E-state index is -0.329. The molecule has 146 valence electrons. The van der Waals surface area contributed by atoms with Crippen LogP contribution in [0, 0.1) is 9.77 Å². The summed E-state index contributed by atoms with van der Waals surface area (Å²) in [4.78, 5) is 12.3. The van der Waals surface area contributed by atoms with Crippen LogP contribution in [0.15, 0.2) is 46.8 Å². The summed E-state index contributed by atoms with van der Waals surface area (Å²) >= 11 is 7.87. The fraction of sp³-hybridized carbons (Fsp3) is 0.167. The summed E-state index contributed by atoms with van der Waals surface area (Å²) in [6, 6.07) is 11.0. The van der Waals surface area contributed by atoms with Gasteiger partial charge in [-0.3, -0.25) is 4.79 Å². The van der Waals surface area contributed by atoms with Gasteiger partial charge in [0.2, 0.25) is 5.91 Å². The summed E-state index contributed by atoms with van der Waals surface area (Å²) in [5.41, 5.74) is 1.19. The van der Waals surface area contributed by atoms with Crippen molar-refractivity contribution >= 4 is 46.9 Å². The first-order chi connectivity index (χ1) is 13.5. The van der Waals surface area contributed by atoms with E-state index in [1.54, 1.807) is 42.1 Å². The van der Waals surface area contributed by atoms with E-state index in [0.717, 1.165) is 0 Å². The van der Waals surface area contributed by atoms with E-state index in [1.165, 1.54) is 42.3 Å². The van der Waals surface area contributed by atoms with Crippen molar-refractivity contribution in [3.63, 3.8) is 0 Å². The molecule has 28 heavy (non-hydrogen) atoms. The highest BCUT2D eigenvalue weighted by Gasteiger charge is 2.12. The molecule has 0 bridgehead atoms. The summed E-state index contributed by atoms with van der Waals surface area (Å²) in [6.07, 6.45) is 0. The van der Waals surface area contributed by atoms with E-state index in [1.807, 2.05) is 0 Å². The first kappa shape index (κ1) is 20.3. The lowest BCUT2D eigenvalue weighted by Gasteiger charge is -2.11. The Morgan fingerprint density at radius 2 is 2.00 bits per heavy atom. The monoisotopic (exact) mass is 437 g/mol. The number of benzene rings is 2. The number of nitrogens with zero attached hydrogens (tertiary/aromatic N) is 2. The second-order valence-corrected chi connectivity index (χ2v) is 8.27. The van der Waals surface area contributed by atoms with E-state index < -0.39 is 0 Å². The first-order valence-electron chi connectivity index (χ1n) is 8.01. The molecular formula is C18H16FN3O3S3. The van der Waals surface area contributed by atoms with Crippen LogP contribution in [0.2, 0.25) is 0 Å². The SMILES string of the molecule is COc1ccc(OC)c(NC(=O)CSc2nn(-c3ccc(F)cc3)c(=S)s2)c1. The van der Waals surface area contributed by atoms with Crippen LogP contribution in [-0.4, -0.2) is 35.7 Å². The van der Waals surface area contributed by atoms with Crippen LogP contribution in [-0.2, 0) is 4.79 Å². The van der Waals surface area contributed by atoms with E-state index in [0.29, 0.717) is 31.2 Å². The van der Waals surface area contributed by atoms with Gasteiger partial charge in [0.25, 0.3) is 0 Å². The number of ether oxygens (including phenoxy) is 2. The van der Waals surface area contributed by atoms with Crippen molar-refractivity contribution < 1.29 is 18.7 Å². The minimum absolute atomic E-state index is 0.145. The fourth-order valence-corrected chi connectivity index (χ4v) is 4.45. The summed E-state index contributed by atoms with van der Waals surface area (Å²) in [5, 5.41) is 7.20. The lowest BCUT2D eigenvalue weighted by molar-refractivity contribution is -0.113. The van der Waals surface area contributed by atoms with E-state index in [9.17, 15) is 9.18 Å². The van der Waals surface area contributed by atoms with Gasteiger partial charge in [0.15, 0.2) is 8.29 Å². The van der Waals surface area contributed by atoms with Crippen molar-refractivity contribution in [2.75, 3.05) is 25.3 Å². The molecule has 0 aliphatic carbocycles. The molecule has 2 aromatic carbocycles. The van der Waals surface area contributed by atoms with Crippen molar-refractivity contribution in [2.24, 2.45) is 0 Å². The zero-order valence-electron chi connectivity index (χ0n) is 15.0. The van der Waals surface area contributed by atoms with Gasteiger partial charge < -0.3 is 14.8 Å². The summed E-state index contributed by atoms with van der Waals surface area (Å²) in [6.45, 7) is 0. The summed E-state index contributed by atoms with van der Waals surface area (Å²) in [7, 11) is 3.08. The zero-order chi connectivity index (χ0) is 20.1. The first-order valence-corrected chi connectivity index (χ1v) is 10.2. The van der Waals surface area contributed by atoms with Gasteiger partial charge in [0.1, 0.15) is 17.3 Å². The van der Waals surface area contributed by atoms with Crippen molar-refractivity contribution in [1.29, 1.82) is 0 Å². The van der Waals surface area contributed by atoms with Gasteiger partial charge in [0.05, 0.1) is 31.3 Å².